The fourth-order valence-corrected chi connectivity index (χ4v) is 1.29. The average Bonchev–Trinajstić information content (AvgIpc) is 2.37. The van der Waals surface area contributed by atoms with Gasteiger partial charge in [-0.2, -0.15) is 0 Å². The van der Waals surface area contributed by atoms with Crippen LogP contribution in [0.25, 0.3) is 0 Å². The Bertz CT molecular complexity index is 396. The van der Waals surface area contributed by atoms with Crippen LogP contribution in [0.3, 0.4) is 0 Å². The van der Waals surface area contributed by atoms with Crippen LogP contribution in [0.5, 0.6) is 11.5 Å². The molecule has 0 atom stereocenters. The van der Waals surface area contributed by atoms with E-state index in [-0.39, 0.29) is 12.5 Å². The number of amides is 1. The van der Waals surface area contributed by atoms with Gasteiger partial charge < -0.3 is 25.3 Å². The lowest BCUT2D eigenvalue weighted by Crippen LogP contribution is -2.31. The fourth-order valence-electron chi connectivity index (χ4n) is 1.29. The topological polar surface area (TPSA) is 82.8 Å². The van der Waals surface area contributed by atoms with Crippen molar-refractivity contribution in [3.63, 3.8) is 0 Å². The molecular weight excluding hydrogens is 236 g/mol. The van der Waals surface area contributed by atoms with Crippen molar-refractivity contribution in [1.29, 1.82) is 0 Å². The molecule has 0 saturated heterocycles. The zero-order valence-corrected chi connectivity index (χ0v) is 10.6. The predicted octanol–water partition coefficient (Wildman–Crippen LogP) is 0.419. The number of anilines is 1. The second-order valence-corrected chi connectivity index (χ2v) is 3.54. The van der Waals surface area contributed by atoms with Crippen molar-refractivity contribution in [3.05, 3.63) is 18.2 Å². The molecule has 6 nitrogen and oxygen atoms in total. The van der Waals surface area contributed by atoms with Crippen molar-refractivity contribution in [2.24, 2.45) is 0 Å². The highest BCUT2D eigenvalue weighted by molar-refractivity contribution is 5.77. The van der Waals surface area contributed by atoms with E-state index in [9.17, 15) is 4.79 Å². The summed E-state index contributed by atoms with van der Waals surface area (Å²) in [6.07, 6.45) is 0. The molecule has 0 aliphatic heterocycles. The Kier molecular flexibility index (Phi) is 5.79. The maximum Gasteiger partial charge on any atom is 0.258 e. The molecule has 0 saturated carbocycles. The number of ether oxygens (including phenoxy) is 3. The quantitative estimate of drug-likeness (QED) is 0.544. The van der Waals surface area contributed by atoms with E-state index in [2.05, 4.69) is 5.32 Å². The molecule has 0 fully saturated rings. The number of nitrogen functional groups attached to an aromatic ring is 1. The molecule has 0 aliphatic carbocycles. The molecule has 0 unspecified atom stereocenters. The highest BCUT2D eigenvalue weighted by Gasteiger charge is 2.04. The lowest BCUT2D eigenvalue weighted by atomic mass is 10.3. The maximum atomic E-state index is 11.4. The average molecular weight is 254 g/mol. The molecule has 100 valence electrons. The largest absolute Gasteiger partial charge is 0.495 e. The number of methoxy groups -OCH3 is 2. The van der Waals surface area contributed by atoms with E-state index in [1.807, 2.05) is 0 Å². The van der Waals surface area contributed by atoms with Gasteiger partial charge in [0.2, 0.25) is 0 Å². The first-order valence-corrected chi connectivity index (χ1v) is 5.49. The van der Waals surface area contributed by atoms with Crippen LogP contribution in [0.1, 0.15) is 0 Å². The second-order valence-electron chi connectivity index (χ2n) is 3.54. The van der Waals surface area contributed by atoms with Gasteiger partial charge >= 0.3 is 0 Å². The highest BCUT2D eigenvalue weighted by Crippen LogP contribution is 2.25. The van der Waals surface area contributed by atoms with Crippen molar-refractivity contribution >= 4 is 11.6 Å². The number of carbonyl (C=O) groups excluding carboxylic acids is 1. The van der Waals surface area contributed by atoms with Crippen LogP contribution in [-0.4, -0.2) is 39.9 Å². The lowest BCUT2D eigenvalue weighted by molar-refractivity contribution is -0.123. The van der Waals surface area contributed by atoms with Crippen molar-refractivity contribution in [3.8, 4) is 11.5 Å². The lowest BCUT2D eigenvalue weighted by Gasteiger charge is -2.09. The Morgan fingerprint density at radius 2 is 2.17 bits per heavy atom. The summed E-state index contributed by atoms with van der Waals surface area (Å²) in [5.41, 5.74) is 6.18. The monoisotopic (exact) mass is 254 g/mol. The predicted molar refractivity (Wildman–Crippen MR) is 67.8 cm³/mol. The third kappa shape index (κ3) is 4.50. The molecule has 0 heterocycles. The normalized spacial score (nSPS) is 9.89. The van der Waals surface area contributed by atoms with E-state index in [0.717, 1.165) is 0 Å². The summed E-state index contributed by atoms with van der Waals surface area (Å²) in [5.74, 6) is 0.892. The van der Waals surface area contributed by atoms with Gasteiger partial charge in [0.15, 0.2) is 6.61 Å². The summed E-state index contributed by atoms with van der Waals surface area (Å²) in [4.78, 5) is 11.4. The molecule has 0 aliphatic rings. The molecule has 1 rings (SSSR count). The minimum Gasteiger partial charge on any atom is -0.495 e. The first-order valence-electron chi connectivity index (χ1n) is 5.49. The van der Waals surface area contributed by atoms with Crippen LogP contribution in [0.4, 0.5) is 5.69 Å². The third-order valence-corrected chi connectivity index (χ3v) is 2.20. The SMILES string of the molecule is COCCNC(=O)COc1ccc(OC)c(N)c1. The Hall–Kier alpha value is -1.95. The summed E-state index contributed by atoms with van der Waals surface area (Å²) >= 11 is 0. The number of hydrogen-bond acceptors (Lipinski definition) is 5. The van der Waals surface area contributed by atoms with E-state index in [0.29, 0.717) is 30.3 Å². The van der Waals surface area contributed by atoms with Crippen LogP contribution in [0, 0.1) is 0 Å². The van der Waals surface area contributed by atoms with Crippen LogP contribution >= 0.6 is 0 Å². The van der Waals surface area contributed by atoms with E-state index >= 15 is 0 Å². The van der Waals surface area contributed by atoms with Crippen LogP contribution in [-0.2, 0) is 9.53 Å². The van der Waals surface area contributed by atoms with Crippen LogP contribution in [0.15, 0.2) is 18.2 Å². The van der Waals surface area contributed by atoms with Crippen molar-refractivity contribution in [2.45, 2.75) is 0 Å². The maximum absolute atomic E-state index is 11.4. The van der Waals surface area contributed by atoms with Crippen molar-refractivity contribution < 1.29 is 19.0 Å². The summed E-state index contributed by atoms with van der Waals surface area (Å²) in [6, 6.07) is 4.99. The minimum absolute atomic E-state index is 0.0600. The van der Waals surface area contributed by atoms with Crippen LogP contribution < -0.4 is 20.5 Å². The standard InChI is InChI=1S/C12H18N2O4/c1-16-6-5-14-12(15)8-18-9-3-4-11(17-2)10(13)7-9/h3-4,7H,5-6,8,13H2,1-2H3,(H,14,15). The third-order valence-electron chi connectivity index (χ3n) is 2.20. The van der Waals surface area contributed by atoms with E-state index in [1.165, 1.54) is 7.11 Å². The number of rotatable bonds is 7. The molecule has 0 radical (unpaired) electrons. The molecule has 1 aromatic rings. The summed E-state index contributed by atoms with van der Waals surface area (Å²) < 4.78 is 15.1. The molecular formula is C12H18N2O4. The highest BCUT2D eigenvalue weighted by atomic mass is 16.5. The van der Waals surface area contributed by atoms with Gasteiger partial charge in [-0.15, -0.1) is 0 Å². The zero-order valence-electron chi connectivity index (χ0n) is 10.6. The van der Waals surface area contributed by atoms with Gasteiger partial charge in [-0.25, -0.2) is 0 Å². The van der Waals surface area contributed by atoms with E-state index in [1.54, 1.807) is 25.3 Å². The molecule has 18 heavy (non-hydrogen) atoms. The van der Waals surface area contributed by atoms with Gasteiger partial charge in [0, 0.05) is 19.7 Å². The van der Waals surface area contributed by atoms with Gasteiger partial charge in [0.1, 0.15) is 11.5 Å². The molecule has 0 spiro atoms. The number of nitrogens with one attached hydrogen (secondary N) is 1. The first kappa shape index (κ1) is 14.1. The molecule has 3 N–H and O–H groups in total. The molecule has 6 heteroatoms. The van der Waals surface area contributed by atoms with Gasteiger partial charge in [-0.3, -0.25) is 4.79 Å². The minimum atomic E-state index is -0.207. The van der Waals surface area contributed by atoms with Gasteiger partial charge in [0.05, 0.1) is 19.4 Å². The fraction of sp³-hybridized carbons (Fsp3) is 0.417. The smallest absolute Gasteiger partial charge is 0.258 e. The molecule has 0 bridgehead atoms. The van der Waals surface area contributed by atoms with E-state index in [4.69, 9.17) is 19.9 Å². The number of benzene rings is 1. The van der Waals surface area contributed by atoms with Crippen molar-refractivity contribution in [1.82, 2.24) is 5.32 Å². The summed E-state index contributed by atoms with van der Waals surface area (Å²) in [5, 5.41) is 2.65. The zero-order chi connectivity index (χ0) is 13.4. The molecule has 1 aromatic carbocycles. The Morgan fingerprint density at radius 1 is 1.39 bits per heavy atom. The van der Waals surface area contributed by atoms with Crippen molar-refractivity contribution in [2.75, 3.05) is 39.7 Å². The van der Waals surface area contributed by atoms with E-state index < -0.39 is 0 Å². The number of nitrogens with two attached hydrogens (primary N) is 1. The van der Waals surface area contributed by atoms with Gasteiger partial charge in [0.25, 0.3) is 5.91 Å². The Labute approximate surface area is 106 Å². The summed E-state index contributed by atoms with van der Waals surface area (Å²) in [7, 11) is 3.11. The first-order chi connectivity index (χ1) is 8.67. The Balaban J connectivity index is 2.39. The molecule has 0 aromatic heterocycles. The van der Waals surface area contributed by atoms with Crippen LogP contribution in [0.2, 0.25) is 0 Å². The number of carbonyl (C=O) groups is 1. The molecule has 1 amide bonds. The van der Waals surface area contributed by atoms with Gasteiger partial charge in [-0.1, -0.05) is 0 Å². The summed E-state index contributed by atoms with van der Waals surface area (Å²) in [6.45, 7) is 0.875. The van der Waals surface area contributed by atoms with Gasteiger partial charge in [-0.05, 0) is 12.1 Å². The second kappa shape index (κ2) is 7.39. The number of hydrogen-bond donors (Lipinski definition) is 2. The Morgan fingerprint density at radius 3 is 2.78 bits per heavy atom.